The second-order valence-corrected chi connectivity index (χ2v) is 6.45. The number of allylic oxidation sites excluding steroid dienone is 1. The van der Waals surface area contributed by atoms with Crippen molar-refractivity contribution in [2.24, 2.45) is 0 Å². The number of benzene rings is 1. The van der Waals surface area contributed by atoms with E-state index in [1.165, 1.54) is 5.56 Å². The van der Waals surface area contributed by atoms with Gasteiger partial charge in [0, 0.05) is 41.7 Å². The van der Waals surface area contributed by atoms with E-state index in [1.807, 2.05) is 18.3 Å². The van der Waals surface area contributed by atoms with Crippen LogP contribution >= 0.6 is 0 Å². The molecule has 0 unspecified atom stereocenters. The molecule has 0 saturated heterocycles. The van der Waals surface area contributed by atoms with Crippen LogP contribution in [0.2, 0.25) is 0 Å². The monoisotopic (exact) mass is 343 g/mol. The molecule has 26 heavy (non-hydrogen) atoms. The molecule has 0 atom stereocenters. The highest BCUT2D eigenvalue weighted by molar-refractivity contribution is 5.97. The van der Waals surface area contributed by atoms with Crippen molar-refractivity contribution in [2.75, 3.05) is 6.54 Å². The number of amides is 1. The maximum Gasteiger partial charge on any atom is 0.253 e. The maximum atomic E-state index is 12.0. The largest absolute Gasteiger partial charge is 0.358 e. The van der Waals surface area contributed by atoms with Gasteiger partial charge in [0.15, 0.2) is 0 Å². The van der Waals surface area contributed by atoms with Crippen LogP contribution in [-0.4, -0.2) is 22.4 Å². The number of rotatable bonds is 4. The van der Waals surface area contributed by atoms with Gasteiger partial charge in [-0.15, -0.1) is 0 Å². The van der Waals surface area contributed by atoms with Crippen molar-refractivity contribution in [3.8, 4) is 22.5 Å². The first kappa shape index (κ1) is 16.3. The second kappa shape index (κ2) is 7.00. The van der Waals surface area contributed by atoms with Gasteiger partial charge in [0.05, 0.1) is 11.3 Å². The van der Waals surface area contributed by atoms with E-state index >= 15 is 0 Å². The normalized spacial score (nSPS) is 13.7. The Kier molecular flexibility index (Phi) is 4.40. The zero-order valence-electron chi connectivity index (χ0n) is 14.8. The zero-order valence-corrected chi connectivity index (χ0v) is 14.8. The van der Waals surface area contributed by atoms with Crippen molar-refractivity contribution in [3.05, 3.63) is 71.6 Å². The Morgan fingerprint density at radius 1 is 1.15 bits per heavy atom. The van der Waals surface area contributed by atoms with E-state index in [9.17, 15) is 4.79 Å². The summed E-state index contributed by atoms with van der Waals surface area (Å²) in [7, 11) is 0. The Hall–Kier alpha value is -3.14. The molecule has 2 aromatic heterocycles. The van der Waals surface area contributed by atoms with Crippen LogP contribution in [0.3, 0.4) is 0 Å². The van der Waals surface area contributed by atoms with Crippen LogP contribution in [0.15, 0.2) is 54.7 Å². The number of pyridine rings is 1. The summed E-state index contributed by atoms with van der Waals surface area (Å²) >= 11 is 0. The number of aromatic nitrogens is 2. The minimum Gasteiger partial charge on any atom is -0.358 e. The van der Waals surface area contributed by atoms with Crippen LogP contribution in [-0.2, 0) is 6.42 Å². The van der Waals surface area contributed by atoms with Crippen LogP contribution in [0.5, 0.6) is 0 Å². The van der Waals surface area contributed by atoms with Crippen LogP contribution < -0.4 is 5.32 Å². The molecule has 3 heterocycles. The molecule has 0 radical (unpaired) electrons. The zero-order chi connectivity index (χ0) is 17.9. The molecule has 1 aromatic carbocycles. The average molecular weight is 343 g/mol. The van der Waals surface area contributed by atoms with E-state index in [0.717, 1.165) is 46.6 Å². The predicted octanol–water partition coefficient (Wildman–Crippen LogP) is 4.45. The molecule has 0 aliphatic carbocycles. The topological polar surface area (TPSA) is 57.8 Å². The summed E-state index contributed by atoms with van der Waals surface area (Å²) in [5, 5.41) is 2.89. The number of hydrogen-bond acceptors (Lipinski definition) is 2. The van der Waals surface area contributed by atoms with Gasteiger partial charge in [-0.3, -0.25) is 9.78 Å². The standard InChI is InChI=1S/C22H21N3O/c1-2-3-5-15-6-4-7-16(12-15)20-13-17(8-10-23-20)21-14-18-19(25-21)9-11-24-22(18)26/h3-8,10,12-14,25H,2,9,11H2,1H3,(H,24,26)/b5-3-. The van der Waals surface area contributed by atoms with E-state index in [0.29, 0.717) is 6.54 Å². The molecule has 3 aromatic rings. The van der Waals surface area contributed by atoms with Gasteiger partial charge in [-0.25, -0.2) is 0 Å². The highest BCUT2D eigenvalue weighted by atomic mass is 16.1. The third-order valence-electron chi connectivity index (χ3n) is 4.60. The Balaban J connectivity index is 1.70. The number of carbonyl (C=O) groups excluding carboxylic acids is 1. The molecule has 0 spiro atoms. The highest BCUT2D eigenvalue weighted by Gasteiger charge is 2.20. The molecule has 2 N–H and O–H groups in total. The smallest absolute Gasteiger partial charge is 0.253 e. The lowest BCUT2D eigenvalue weighted by atomic mass is 10.0. The van der Waals surface area contributed by atoms with Crippen molar-refractivity contribution in [2.45, 2.75) is 19.8 Å². The number of fused-ring (bicyclic) bond motifs is 1. The van der Waals surface area contributed by atoms with Gasteiger partial charge in [-0.05, 0) is 36.2 Å². The lowest BCUT2D eigenvalue weighted by molar-refractivity contribution is 0.0946. The summed E-state index contributed by atoms with van der Waals surface area (Å²) in [5.74, 6) is -0.00144. The molecule has 4 heteroatoms. The number of H-pyrrole nitrogens is 1. The van der Waals surface area contributed by atoms with Gasteiger partial charge < -0.3 is 10.3 Å². The predicted molar refractivity (Wildman–Crippen MR) is 105 cm³/mol. The quantitative estimate of drug-likeness (QED) is 0.735. The van der Waals surface area contributed by atoms with Crippen LogP contribution in [0.25, 0.3) is 28.6 Å². The number of nitrogens with zero attached hydrogens (tertiary/aromatic N) is 1. The van der Waals surface area contributed by atoms with E-state index in [-0.39, 0.29) is 5.91 Å². The van der Waals surface area contributed by atoms with Crippen molar-refractivity contribution in [3.63, 3.8) is 0 Å². The number of hydrogen-bond donors (Lipinski definition) is 2. The van der Waals surface area contributed by atoms with Crippen molar-refractivity contribution in [1.29, 1.82) is 0 Å². The van der Waals surface area contributed by atoms with Gasteiger partial charge >= 0.3 is 0 Å². The Bertz CT molecular complexity index is 985. The molecule has 1 amide bonds. The summed E-state index contributed by atoms with van der Waals surface area (Å²) in [6.07, 6.45) is 7.95. The van der Waals surface area contributed by atoms with E-state index in [1.54, 1.807) is 0 Å². The lowest BCUT2D eigenvalue weighted by Gasteiger charge is -2.11. The third kappa shape index (κ3) is 3.18. The summed E-state index contributed by atoms with van der Waals surface area (Å²) in [6.45, 7) is 2.81. The fourth-order valence-corrected chi connectivity index (χ4v) is 3.26. The van der Waals surface area contributed by atoms with Gasteiger partial charge in [-0.2, -0.15) is 0 Å². The Labute approximate surface area is 153 Å². The molecule has 4 nitrogen and oxygen atoms in total. The maximum absolute atomic E-state index is 12.0. The van der Waals surface area contributed by atoms with Gasteiger partial charge in [0.25, 0.3) is 5.91 Å². The molecular weight excluding hydrogens is 322 g/mol. The van der Waals surface area contributed by atoms with Crippen LogP contribution in [0, 0.1) is 0 Å². The SMILES string of the molecule is CC/C=C\c1cccc(-c2cc(-c3cc4c([nH]3)CCNC4=O)ccn2)c1. The minimum absolute atomic E-state index is 0.00144. The first-order valence-electron chi connectivity index (χ1n) is 8.98. The second-order valence-electron chi connectivity index (χ2n) is 6.45. The number of carbonyl (C=O) groups is 1. The molecule has 0 saturated carbocycles. The third-order valence-corrected chi connectivity index (χ3v) is 4.60. The number of aromatic amines is 1. The van der Waals surface area contributed by atoms with Crippen LogP contribution in [0.1, 0.15) is 35.0 Å². The van der Waals surface area contributed by atoms with Crippen molar-refractivity contribution in [1.82, 2.24) is 15.3 Å². The summed E-state index contributed by atoms with van der Waals surface area (Å²) < 4.78 is 0. The van der Waals surface area contributed by atoms with Gasteiger partial charge in [-0.1, -0.05) is 37.3 Å². The average Bonchev–Trinajstić information content (AvgIpc) is 3.13. The van der Waals surface area contributed by atoms with E-state index in [2.05, 4.69) is 64.7 Å². The minimum atomic E-state index is -0.00144. The summed E-state index contributed by atoms with van der Waals surface area (Å²) in [6, 6.07) is 14.3. The molecule has 4 rings (SSSR count). The lowest BCUT2D eigenvalue weighted by Crippen LogP contribution is -2.31. The highest BCUT2D eigenvalue weighted by Crippen LogP contribution is 2.27. The summed E-state index contributed by atoms with van der Waals surface area (Å²) in [5.41, 5.74) is 6.92. The molecule has 1 aliphatic rings. The molecule has 130 valence electrons. The first-order valence-corrected chi connectivity index (χ1v) is 8.98. The van der Waals surface area contributed by atoms with Crippen molar-refractivity contribution < 1.29 is 4.79 Å². The Morgan fingerprint density at radius 3 is 2.92 bits per heavy atom. The van der Waals surface area contributed by atoms with Crippen molar-refractivity contribution >= 4 is 12.0 Å². The fraction of sp³-hybridized carbons (Fsp3) is 0.182. The first-order chi connectivity index (χ1) is 12.7. The van der Waals surface area contributed by atoms with Gasteiger partial charge in [0.2, 0.25) is 0 Å². The van der Waals surface area contributed by atoms with E-state index < -0.39 is 0 Å². The fourth-order valence-electron chi connectivity index (χ4n) is 3.26. The van der Waals surface area contributed by atoms with E-state index in [4.69, 9.17) is 0 Å². The van der Waals surface area contributed by atoms with Gasteiger partial charge in [0.1, 0.15) is 0 Å². The summed E-state index contributed by atoms with van der Waals surface area (Å²) in [4.78, 5) is 19.9. The Morgan fingerprint density at radius 2 is 2.08 bits per heavy atom. The molecule has 0 fully saturated rings. The van der Waals surface area contributed by atoms with Crippen LogP contribution in [0.4, 0.5) is 0 Å². The molecule has 1 aliphatic heterocycles. The molecular formula is C22H21N3O. The molecule has 0 bridgehead atoms. The number of nitrogens with one attached hydrogen (secondary N) is 2.